The molecule has 0 aromatic heterocycles. The van der Waals surface area contributed by atoms with Crippen molar-refractivity contribution < 1.29 is 22.8 Å². The molecule has 1 aromatic rings. The van der Waals surface area contributed by atoms with Gasteiger partial charge in [-0.15, -0.1) is 0 Å². The van der Waals surface area contributed by atoms with Gasteiger partial charge in [0.05, 0.1) is 11.5 Å². The number of carbonyl (C=O) groups is 2. The molecule has 0 bridgehead atoms. The highest BCUT2D eigenvalue weighted by Crippen LogP contribution is 2.32. The average Bonchev–Trinajstić information content (AvgIpc) is 3.15. The summed E-state index contributed by atoms with van der Waals surface area (Å²) in [6, 6.07) is 5.60. The first-order valence-electron chi connectivity index (χ1n) is 10.8. The highest BCUT2D eigenvalue weighted by atomic mass is 19.4. The molecule has 0 N–H and O–H groups in total. The van der Waals surface area contributed by atoms with Gasteiger partial charge in [-0.3, -0.25) is 9.59 Å². The van der Waals surface area contributed by atoms with Gasteiger partial charge in [-0.2, -0.15) is 13.2 Å². The average molecular weight is 423 g/mol. The summed E-state index contributed by atoms with van der Waals surface area (Å²) in [7, 11) is 0. The molecule has 164 valence electrons. The molecule has 3 aliphatic rings. The number of hydrogen-bond donors (Lipinski definition) is 0. The Morgan fingerprint density at radius 2 is 1.70 bits per heavy atom. The molecule has 1 unspecified atom stereocenters. The Labute approximate surface area is 174 Å². The molecule has 1 atom stereocenters. The van der Waals surface area contributed by atoms with E-state index in [4.69, 9.17) is 0 Å². The largest absolute Gasteiger partial charge is 0.416 e. The fourth-order valence-corrected chi connectivity index (χ4v) is 4.96. The number of alkyl halides is 3. The van der Waals surface area contributed by atoms with Crippen molar-refractivity contribution in [3.05, 3.63) is 29.8 Å². The van der Waals surface area contributed by atoms with E-state index in [2.05, 4.69) is 0 Å². The van der Waals surface area contributed by atoms with Crippen LogP contribution in [0, 0.1) is 5.92 Å². The molecule has 2 aliphatic heterocycles. The second kappa shape index (κ2) is 8.47. The van der Waals surface area contributed by atoms with Crippen molar-refractivity contribution in [2.24, 2.45) is 5.92 Å². The van der Waals surface area contributed by atoms with E-state index in [1.54, 1.807) is 11.0 Å². The molecule has 1 aliphatic carbocycles. The molecule has 0 spiro atoms. The zero-order valence-corrected chi connectivity index (χ0v) is 17.0. The Balaban J connectivity index is 1.33. The van der Waals surface area contributed by atoms with Crippen molar-refractivity contribution in [2.45, 2.75) is 50.7 Å². The minimum atomic E-state index is -4.37. The molecule has 30 heavy (non-hydrogen) atoms. The number of hydrogen-bond acceptors (Lipinski definition) is 3. The maximum Gasteiger partial charge on any atom is 0.416 e. The Kier molecular flexibility index (Phi) is 5.93. The first-order chi connectivity index (χ1) is 14.3. The molecule has 2 heterocycles. The minimum absolute atomic E-state index is 0.00496. The topological polar surface area (TPSA) is 43.9 Å². The van der Waals surface area contributed by atoms with Gasteiger partial charge < -0.3 is 14.7 Å². The first kappa shape index (κ1) is 21.0. The summed E-state index contributed by atoms with van der Waals surface area (Å²) in [6.07, 6.45) is 1.48. The van der Waals surface area contributed by atoms with E-state index in [1.807, 2.05) is 9.80 Å². The predicted molar refractivity (Wildman–Crippen MR) is 107 cm³/mol. The standard InChI is InChI=1S/C22H28F3N3O2/c23-22(24,25)17-5-4-8-19(14-17)26-9-11-27(12-10-26)21(30)16-13-20(29)28(15-16)18-6-2-1-3-7-18/h4-5,8,14,16,18H,1-3,6-7,9-13,15H2. The maximum absolute atomic E-state index is 13.0. The lowest BCUT2D eigenvalue weighted by molar-refractivity contribution is -0.137. The fraction of sp³-hybridized carbons (Fsp3) is 0.636. The quantitative estimate of drug-likeness (QED) is 0.747. The molecule has 1 aromatic carbocycles. The third-order valence-electron chi connectivity index (χ3n) is 6.65. The summed E-state index contributed by atoms with van der Waals surface area (Å²) in [5, 5.41) is 0. The Hall–Kier alpha value is -2.25. The third-order valence-corrected chi connectivity index (χ3v) is 6.65. The summed E-state index contributed by atoms with van der Waals surface area (Å²) in [4.78, 5) is 31.0. The summed E-state index contributed by atoms with van der Waals surface area (Å²) < 4.78 is 38.9. The molecule has 0 radical (unpaired) electrons. The molecule has 1 saturated carbocycles. The SMILES string of the molecule is O=C(C1CC(=O)N(C2CCCCC2)C1)N1CCN(c2cccc(C(F)(F)F)c2)CC1. The highest BCUT2D eigenvalue weighted by Gasteiger charge is 2.40. The van der Waals surface area contributed by atoms with Gasteiger partial charge in [0, 0.05) is 50.9 Å². The second-order valence-electron chi connectivity index (χ2n) is 8.60. The molecule has 3 fully saturated rings. The van der Waals surface area contributed by atoms with E-state index >= 15 is 0 Å². The van der Waals surface area contributed by atoms with Crippen LogP contribution in [0.2, 0.25) is 0 Å². The predicted octanol–water partition coefficient (Wildman–Crippen LogP) is 3.54. The molecule has 2 saturated heterocycles. The smallest absolute Gasteiger partial charge is 0.368 e. The van der Waals surface area contributed by atoms with Gasteiger partial charge in [-0.05, 0) is 31.0 Å². The van der Waals surface area contributed by atoms with Gasteiger partial charge in [0.15, 0.2) is 0 Å². The van der Waals surface area contributed by atoms with Gasteiger partial charge in [-0.25, -0.2) is 0 Å². The first-order valence-corrected chi connectivity index (χ1v) is 10.8. The molecule has 8 heteroatoms. The van der Waals surface area contributed by atoms with Gasteiger partial charge in [0.1, 0.15) is 0 Å². The molecule has 5 nitrogen and oxygen atoms in total. The van der Waals surface area contributed by atoms with Crippen LogP contribution in [0.25, 0.3) is 0 Å². The van der Waals surface area contributed by atoms with Gasteiger partial charge >= 0.3 is 6.18 Å². The van der Waals surface area contributed by atoms with E-state index < -0.39 is 11.7 Å². The van der Waals surface area contributed by atoms with Crippen molar-refractivity contribution >= 4 is 17.5 Å². The zero-order chi connectivity index (χ0) is 21.3. The van der Waals surface area contributed by atoms with Crippen LogP contribution in [0.1, 0.15) is 44.1 Å². The van der Waals surface area contributed by atoms with Crippen LogP contribution >= 0.6 is 0 Å². The Bertz CT molecular complexity index is 784. The lowest BCUT2D eigenvalue weighted by atomic mass is 9.94. The van der Waals surface area contributed by atoms with Gasteiger partial charge in [-0.1, -0.05) is 25.3 Å². The van der Waals surface area contributed by atoms with Crippen LogP contribution in [0.15, 0.2) is 24.3 Å². The number of anilines is 1. The number of nitrogens with zero attached hydrogens (tertiary/aromatic N) is 3. The van der Waals surface area contributed by atoms with E-state index in [9.17, 15) is 22.8 Å². The van der Waals surface area contributed by atoms with Gasteiger partial charge in [0.2, 0.25) is 11.8 Å². The zero-order valence-electron chi connectivity index (χ0n) is 17.0. The molecule has 4 rings (SSSR count). The van der Waals surface area contributed by atoms with Crippen LogP contribution in [-0.4, -0.2) is 60.4 Å². The number of benzene rings is 1. The van der Waals surface area contributed by atoms with E-state index in [1.165, 1.54) is 12.5 Å². The highest BCUT2D eigenvalue weighted by molar-refractivity contribution is 5.89. The second-order valence-corrected chi connectivity index (χ2v) is 8.60. The van der Waals surface area contributed by atoms with Crippen molar-refractivity contribution in [1.82, 2.24) is 9.80 Å². The van der Waals surface area contributed by atoms with E-state index in [0.717, 1.165) is 37.8 Å². The maximum atomic E-state index is 13.0. The normalized spacial score (nSPS) is 23.9. The number of amides is 2. The Morgan fingerprint density at radius 3 is 2.37 bits per heavy atom. The number of piperazine rings is 1. The number of halogens is 3. The van der Waals surface area contributed by atoms with Crippen LogP contribution in [0.4, 0.5) is 18.9 Å². The minimum Gasteiger partial charge on any atom is -0.368 e. The molecular formula is C22H28F3N3O2. The monoisotopic (exact) mass is 423 g/mol. The lowest BCUT2D eigenvalue weighted by Gasteiger charge is -2.37. The third kappa shape index (κ3) is 4.42. The summed E-state index contributed by atoms with van der Waals surface area (Å²) in [5.41, 5.74) is -0.137. The van der Waals surface area contributed by atoms with Crippen LogP contribution in [0.5, 0.6) is 0 Å². The summed E-state index contributed by atoms with van der Waals surface area (Å²) in [6.45, 7) is 2.41. The van der Waals surface area contributed by atoms with Crippen molar-refractivity contribution in [2.75, 3.05) is 37.6 Å². The van der Waals surface area contributed by atoms with Crippen molar-refractivity contribution in [3.8, 4) is 0 Å². The molecule has 2 amide bonds. The number of carbonyl (C=O) groups excluding carboxylic acids is 2. The van der Waals surface area contributed by atoms with E-state index in [0.29, 0.717) is 38.4 Å². The van der Waals surface area contributed by atoms with Crippen LogP contribution < -0.4 is 4.90 Å². The van der Waals surface area contributed by atoms with Crippen molar-refractivity contribution in [3.63, 3.8) is 0 Å². The van der Waals surface area contributed by atoms with Crippen LogP contribution in [-0.2, 0) is 15.8 Å². The summed E-state index contributed by atoms with van der Waals surface area (Å²) in [5.74, 6) is -0.201. The van der Waals surface area contributed by atoms with Crippen molar-refractivity contribution in [1.29, 1.82) is 0 Å². The summed E-state index contributed by atoms with van der Waals surface area (Å²) >= 11 is 0. The van der Waals surface area contributed by atoms with E-state index in [-0.39, 0.29) is 30.2 Å². The van der Waals surface area contributed by atoms with Crippen LogP contribution in [0.3, 0.4) is 0 Å². The van der Waals surface area contributed by atoms with Gasteiger partial charge in [0.25, 0.3) is 0 Å². The fourth-order valence-electron chi connectivity index (χ4n) is 4.96. The number of rotatable bonds is 3. The molecular weight excluding hydrogens is 395 g/mol. The number of likely N-dealkylation sites (tertiary alicyclic amines) is 1. The Morgan fingerprint density at radius 1 is 1.00 bits per heavy atom. The lowest BCUT2D eigenvalue weighted by Crippen LogP contribution is -2.51.